The molecule has 2 aliphatic rings. The molecule has 1 aromatic rings. The zero-order valence-electron chi connectivity index (χ0n) is 12.8. The Hall–Kier alpha value is -2.67. The molecule has 0 radical (unpaired) electrons. The molecule has 3 rings (SSSR count). The summed E-state index contributed by atoms with van der Waals surface area (Å²) in [6.07, 6.45) is 0.276. The van der Waals surface area contributed by atoms with Gasteiger partial charge in [-0.05, 0) is 5.56 Å². The van der Waals surface area contributed by atoms with E-state index in [4.69, 9.17) is 9.47 Å². The van der Waals surface area contributed by atoms with Crippen molar-refractivity contribution in [3.05, 3.63) is 47.2 Å². The number of fused-ring (bicyclic) bond motifs is 1. The molecular formula is C16H16N2O5. The minimum atomic E-state index is -0.732. The summed E-state index contributed by atoms with van der Waals surface area (Å²) in [6.45, 7) is 0.416. The summed E-state index contributed by atoms with van der Waals surface area (Å²) >= 11 is 0. The van der Waals surface area contributed by atoms with Crippen LogP contribution in [-0.4, -0.2) is 48.6 Å². The Morgan fingerprint density at radius 1 is 1.09 bits per heavy atom. The number of hydrazine groups is 1. The number of carbonyl (C=O) groups is 3. The fourth-order valence-electron chi connectivity index (χ4n) is 3.04. The SMILES string of the molecule is COC(=O)C1=C(C(=O)OC)N2C(=O)CCN2[C@@H]1c1ccccc1. The van der Waals surface area contributed by atoms with Crippen molar-refractivity contribution in [2.24, 2.45) is 0 Å². The normalized spacial score (nSPS) is 20.7. The van der Waals surface area contributed by atoms with E-state index in [0.29, 0.717) is 6.54 Å². The second kappa shape index (κ2) is 5.85. The first-order valence-corrected chi connectivity index (χ1v) is 7.15. The minimum absolute atomic E-state index is 0.0595. The molecule has 0 spiro atoms. The Kier molecular flexibility index (Phi) is 3.87. The van der Waals surface area contributed by atoms with Crippen molar-refractivity contribution in [1.29, 1.82) is 0 Å². The first kappa shape index (κ1) is 15.2. The van der Waals surface area contributed by atoms with Crippen molar-refractivity contribution < 1.29 is 23.9 Å². The van der Waals surface area contributed by atoms with Gasteiger partial charge >= 0.3 is 11.9 Å². The molecule has 1 amide bonds. The molecule has 0 unspecified atom stereocenters. The largest absolute Gasteiger partial charge is 0.466 e. The lowest BCUT2D eigenvalue weighted by Gasteiger charge is -2.26. The number of benzene rings is 1. The fourth-order valence-corrected chi connectivity index (χ4v) is 3.04. The topological polar surface area (TPSA) is 76.2 Å². The highest BCUT2D eigenvalue weighted by atomic mass is 16.5. The number of hydrogen-bond acceptors (Lipinski definition) is 6. The molecular weight excluding hydrogens is 300 g/mol. The lowest BCUT2D eigenvalue weighted by atomic mass is 9.97. The van der Waals surface area contributed by atoms with E-state index in [2.05, 4.69) is 0 Å². The molecule has 1 aromatic carbocycles. The number of rotatable bonds is 3. The monoisotopic (exact) mass is 316 g/mol. The van der Waals surface area contributed by atoms with Gasteiger partial charge in [-0.15, -0.1) is 0 Å². The molecule has 120 valence electrons. The molecule has 0 saturated carbocycles. The summed E-state index contributed by atoms with van der Waals surface area (Å²) < 4.78 is 9.62. The van der Waals surface area contributed by atoms with Crippen molar-refractivity contribution in [2.45, 2.75) is 12.5 Å². The van der Waals surface area contributed by atoms with Crippen LogP contribution in [0.5, 0.6) is 0 Å². The van der Waals surface area contributed by atoms with Crippen LogP contribution < -0.4 is 0 Å². The average Bonchev–Trinajstić information content (AvgIpc) is 3.12. The van der Waals surface area contributed by atoms with Crippen LogP contribution in [0.4, 0.5) is 0 Å². The third kappa shape index (κ3) is 2.29. The Balaban J connectivity index is 2.20. The highest BCUT2D eigenvalue weighted by Gasteiger charge is 2.51. The Labute approximate surface area is 133 Å². The van der Waals surface area contributed by atoms with Gasteiger partial charge in [0.1, 0.15) is 0 Å². The molecule has 1 fully saturated rings. The summed E-state index contributed by atoms with van der Waals surface area (Å²) in [5.41, 5.74) is 0.862. The summed E-state index contributed by atoms with van der Waals surface area (Å²) in [5.74, 6) is -1.63. The zero-order chi connectivity index (χ0) is 16.6. The lowest BCUT2D eigenvalue weighted by Crippen LogP contribution is -2.37. The second-order valence-electron chi connectivity index (χ2n) is 5.18. The quantitative estimate of drug-likeness (QED) is 0.768. The molecule has 2 aliphatic heterocycles. The van der Waals surface area contributed by atoms with E-state index >= 15 is 0 Å². The zero-order valence-corrected chi connectivity index (χ0v) is 12.8. The standard InChI is InChI=1S/C16H16N2O5/c1-22-15(20)12-13(10-6-4-3-5-7-10)17-9-8-11(19)18(17)14(12)16(21)23-2/h3-7,13H,8-9H2,1-2H3/t13-/m1/s1. The third-order valence-corrected chi connectivity index (χ3v) is 3.99. The van der Waals surface area contributed by atoms with Gasteiger partial charge in [-0.1, -0.05) is 30.3 Å². The highest BCUT2D eigenvalue weighted by Crippen LogP contribution is 2.43. The summed E-state index contributed by atoms with van der Waals surface area (Å²) in [4.78, 5) is 36.7. The molecule has 1 saturated heterocycles. The number of ether oxygens (including phenoxy) is 2. The predicted octanol–water partition coefficient (Wildman–Crippen LogP) is 0.791. The van der Waals surface area contributed by atoms with Crippen LogP contribution in [0.3, 0.4) is 0 Å². The lowest BCUT2D eigenvalue weighted by molar-refractivity contribution is -0.145. The maximum Gasteiger partial charge on any atom is 0.356 e. The summed E-state index contributed by atoms with van der Waals surface area (Å²) in [5, 5.41) is 2.95. The van der Waals surface area contributed by atoms with Gasteiger partial charge in [-0.25, -0.2) is 19.6 Å². The van der Waals surface area contributed by atoms with Crippen LogP contribution in [0.1, 0.15) is 18.0 Å². The molecule has 0 bridgehead atoms. The fraction of sp³-hybridized carbons (Fsp3) is 0.312. The van der Waals surface area contributed by atoms with Crippen LogP contribution >= 0.6 is 0 Å². The van der Waals surface area contributed by atoms with Gasteiger partial charge in [0.2, 0.25) is 5.91 Å². The van der Waals surface area contributed by atoms with Crippen molar-refractivity contribution in [3.63, 3.8) is 0 Å². The van der Waals surface area contributed by atoms with Gasteiger partial charge in [0.15, 0.2) is 5.70 Å². The first-order valence-electron chi connectivity index (χ1n) is 7.15. The van der Waals surface area contributed by atoms with E-state index in [1.807, 2.05) is 30.3 Å². The highest BCUT2D eigenvalue weighted by molar-refractivity contribution is 6.05. The van der Waals surface area contributed by atoms with Crippen molar-refractivity contribution >= 4 is 17.8 Å². The number of amides is 1. The van der Waals surface area contributed by atoms with Gasteiger partial charge < -0.3 is 9.47 Å². The molecule has 23 heavy (non-hydrogen) atoms. The van der Waals surface area contributed by atoms with Gasteiger partial charge in [0.05, 0.1) is 25.8 Å². The summed E-state index contributed by atoms with van der Waals surface area (Å²) in [7, 11) is 2.46. The number of carbonyl (C=O) groups excluding carboxylic acids is 3. The third-order valence-electron chi connectivity index (χ3n) is 3.99. The van der Waals surface area contributed by atoms with E-state index < -0.39 is 18.0 Å². The molecule has 0 aromatic heterocycles. The van der Waals surface area contributed by atoms with Gasteiger partial charge in [0, 0.05) is 13.0 Å². The Bertz CT molecular complexity index is 698. The minimum Gasteiger partial charge on any atom is -0.466 e. The average molecular weight is 316 g/mol. The van der Waals surface area contributed by atoms with Crippen LogP contribution in [0, 0.1) is 0 Å². The van der Waals surface area contributed by atoms with E-state index in [-0.39, 0.29) is 23.6 Å². The van der Waals surface area contributed by atoms with Crippen molar-refractivity contribution in [3.8, 4) is 0 Å². The number of methoxy groups -OCH3 is 2. The maximum absolute atomic E-state index is 12.3. The Morgan fingerprint density at radius 2 is 1.74 bits per heavy atom. The van der Waals surface area contributed by atoms with Gasteiger partial charge in [-0.3, -0.25) is 4.79 Å². The van der Waals surface area contributed by atoms with Crippen molar-refractivity contribution in [1.82, 2.24) is 10.0 Å². The van der Waals surface area contributed by atoms with Crippen LogP contribution in [0.25, 0.3) is 0 Å². The smallest absolute Gasteiger partial charge is 0.356 e. The van der Waals surface area contributed by atoms with Crippen LogP contribution in [-0.2, 0) is 23.9 Å². The van der Waals surface area contributed by atoms with E-state index in [1.54, 1.807) is 5.01 Å². The van der Waals surface area contributed by atoms with E-state index in [0.717, 1.165) is 5.56 Å². The predicted molar refractivity (Wildman–Crippen MR) is 78.4 cm³/mol. The van der Waals surface area contributed by atoms with Gasteiger partial charge in [0.25, 0.3) is 0 Å². The van der Waals surface area contributed by atoms with Crippen molar-refractivity contribution in [2.75, 3.05) is 20.8 Å². The summed E-state index contributed by atoms with van der Waals surface area (Å²) in [6, 6.07) is 8.66. The molecule has 7 heteroatoms. The van der Waals surface area contributed by atoms with Gasteiger partial charge in [-0.2, -0.15) is 0 Å². The number of esters is 2. The Morgan fingerprint density at radius 3 is 2.35 bits per heavy atom. The molecule has 0 aliphatic carbocycles. The van der Waals surface area contributed by atoms with Crippen LogP contribution in [0.2, 0.25) is 0 Å². The number of nitrogens with zero attached hydrogens (tertiary/aromatic N) is 2. The van der Waals surface area contributed by atoms with Crippen LogP contribution in [0.15, 0.2) is 41.6 Å². The molecule has 2 heterocycles. The van der Waals surface area contributed by atoms with E-state index in [1.165, 1.54) is 19.2 Å². The molecule has 0 N–H and O–H groups in total. The first-order chi connectivity index (χ1) is 11.1. The van der Waals surface area contributed by atoms with E-state index in [9.17, 15) is 14.4 Å². The molecule has 7 nitrogen and oxygen atoms in total. The number of hydrogen-bond donors (Lipinski definition) is 0. The molecule has 1 atom stereocenters. The maximum atomic E-state index is 12.3. The second-order valence-corrected chi connectivity index (χ2v) is 5.18.